The van der Waals surface area contributed by atoms with Gasteiger partial charge in [-0.25, -0.2) is 0 Å². The zero-order valence-electron chi connectivity index (χ0n) is 16.4. The Bertz CT molecular complexity index is 442. The van der Waals surface area contributed by atoms with E-state index in [0.29, 0.717) is 0 Å². The van der Waals surface area contributed by atoms with Gasteiger partial charge >= 0.3 is 0 Å². The number of benzene rings is 1. The Morgan fingerprint density at radius 3 is 1.80 bits per heavy atom. The summed E-state index contributed by atoms with van der Waals surface area (Å²) in [5.74, 6) is 1.65. The number of unbranched alkanes of at least 4 members (excludes halogenated alkanes) is 10. The van der Waals surface area contributed by atoms with Crippen LogP contribution in [0.4, 0.5) is 0 Å². The molecule has 144 valence electrons. The third kappa shape index (κ3) is 11.4. The Hall–Kier alpha value is -0.830. The molecule has 0 bridgehead atoms. The Labute approximate surface area is 158 Å². The minimum absolute atomic E-state index is 0.759. The maximum atomic E-state index is 12.0. The van der Waals surface area contributed by atoms with Crippen LogP contribution in [0.5, 0.6) is 5.75 Å². The molecule has 0 heterocycles. The van der Waals surface area contributed by atoms with E-state index >= 15 is 0 Å². The van der Waals surface area contributed by atoms with Gasteiger partial charge in [0.25, 0.3) is 0 Å². The smallest absolute Gasteiger partial charge is 0.119 e. The van der Waals surface area contributed by atoms with Gasteiger partial charge < -0.3 is 4.74 Å². The summed E-state index contributed by atoms with van der Waals surface area (Å²) in [5.41, 5.74) is 0. The summed E-state index contributed by atoms with van der Waals surface area (Å²) >= 11 is 0. The van der Waals surface area contributed by atoms with Crippen LogP contribution >= 0.6 is 0 Å². The van der Waals surface area contributed by atoms with Crippen molar-refractivity contribution in [1.29, 1.82) is 0 Å². The molecule has 3 heteroatoms. The van der Waals surface area contributed by atoms with Crippen molar-refractivity contribution < 1.29 is 8.95 Å². The quantitative estimate of drug-likeness (QED) is 0.298. The van der Waals surface area contributed by atoms with Gasteiger partial charge in [0.15, 0.2) is 0 Å². The van der Waals surface area contributed by atoms with Crippen LogP contribution in [0.1, 0.15) is 90.9 Å². The molecule has 0 spiro atoms. The predicted molar refractivity (Wildman–Crippen MR) is 110 cm³/mol. The van der Waals surface area contributed by atoms with Gasteiger partial charge in [-0.05, 0) is 37.1 Å². The van der Waals surface area contributed by atoms with Crippen molar-refractivity contribution in [3.63, 3.8) is 0 Å². The third-order valence-corrected chi connectivity index (χ3v) is 5.99. The van der Waals surface area contributed by atoms with Crippen LogP contribution in [-0.4, -0.2) is 16.6 Å². The normalized spacial score (nSPS) is 12.2. The highest BCUT2D eigenvalue weighted by molar-refractivity contribution is 7.85. The molecule has 0 aliphatic carbocycles. The molecular weight excluding hydrogens is 328 g/mol. The molecule has 25 heavy (non-hydrogen) atoms. The zero-order chi connectivity index (χ0) is 18.2. The van der Waals surface area contributed by atoms with Crippen molar-refractivity contribution in [3.05, 3.63) is 24.3 Å². The summed E-state index contributed by atoms with van der Waals surface area (Å²) in [4.78, 5) is 0.916. The van der Waals surface area contributed by atoms with E-state index in [1.807, 2.05) is 24.3 Å². The summed E-state index contributed by atoms with van der Waals surface area (Å²) in [7, 11) is -0.862. The van der Waals surface area contributed by atoms with Gasteiger partial charge in [-0.15, -0.1) is 0 Å². The summed E-state index contributed by atoms with van der Waals surface area (Å²) in [6.07, 6.45) is 15.5. The van der Waals surface area contributed by atoms with E-state index in [-0.39, 0.29) is 0 Å². The first-order chi connectivity index (χ1) is 12.3. The monoisotopic (exact) mass is 366 g/mol. The van der Waals surface area contributed by atoms with E-state index in [1.165, 1.54) is 57.8 Å². The molecule has 0 aliphatic rings. The van der Waals surface area contributed by atoms with Crippen LogP contribution in [0.3, 0.4) is 0 Å². The maximum Gasteiger partial charge on any atom is 0.119 e. The van der Waals surface area contributed by atoms with Gasteiger partial charge in [0.1, 0.15) is 5.75 Å². The first-order valence-corrected chi connectivity index (χ1v) is 11.7. The standard InChI is InChI=1S/C22H38O2S/c1-3-5-7-8-9-10-11-12-13-14-19-24-21-15-17-22(18-16-21)25(23)20-6-4-2/h15-18H,3-14,19-20H2,1-2H3. The lowest BCUT2D eigenvalue weighted by Crippen LogP contribution is -1.99. The second-order valence-corrected chi connectivity index (χ2v) is 8.48. The number of hydrogen-bond donors (Lipinski definition) is 0. The molecule has 0 amide bonds. The Morgan fingerprint density at radius 2 is 1.24 bits per heavy atom. The van der Waals surface area contributed by atoms with Crippen LogP contribution in [-0.2, 0) is 10.8 Å². The first-order valence-electron chi connectivity index (χ1n) is 10.4. The van der Waals surface area contributed by atoms with Crippen LogP contribution in [0.25, 0.3) is 0 Å². The minimum atomic E-state index is -0.862. The third-order valence-electron chi connectivity index (χ3n) is 4.54. The largest absolute Gasteiger partial charge is 0.494 e. The van der Waals surface area contributed by atoms with Crippen molar-refractivity contribution >= 4 is 10.8 Å². The van der Waals surface area contributed by atoms with Gasteiger partial charge in [-0.3, -0.25) is 4.21 Å². The Balaban J connectivity index is 2.02. The molecule has 0 saturated carbocycles. The lowest BCUT2D eigenvalue weighted by atomic mass is 10.1. The first kappa shape index (κ1) is 22.2. The van der Waals surface area contributed by atoms with Gasteiger partial charge in [-0.1, -0.05) is 78.1 Å². The molecule has 0 N–H and O–H groups in total. The summed E-state index contributed by atoms with van der Waals surface area (Å²) < 4.78 is 17.8. The fourth-order valence-electron chi connectivity index (χ4n) is 2.86. The molecule has 1 atom stereocenters. The van der Waals surface area contributed by atoms with Crippen molar-refractivity contribution in [2.24, 2.45) is 0 Å². The highest BCUT2D eigenvalue weighted by Crippen LogP contribution is 2.16. The number of hydrogen-bond acceptors (Lipinski definition) is 2. The molecule has 0 aliphatic heterocycles. The topological polar surface area (TPSA) is 26.3 Å². The molecule has 1 aromatic rings. The molecule has 0 aromatic heterocycles. The van der Waals surface area contributed by atoms with Crippen LogP contribution < -0.4 is 4.74 Å². The van der Waals surface area contributed by atoms with E-state index in [4.69, 9.17) is 4.74 Å². The molecular formula is C22H38O2S. The molecule has 2 nitrogen and oxygen atoms in total. The van der Waals surface area contributed by atoms with Crippen LogP contribution in [0.15, 0.2) is 29.2 Å². The van der Waals surface area contributed by atoms with Crippen LogP contribution in [0, 0.1) is 0 Å². The molecule has 1 aromatic carbocycles. The van der Waals surface area contributed by atoms with E-state index < -0.39 is 10.8 Å². The van der Waals surface area contributed by atoms with E-state index in [9.17, 15) is 4.21 Å². The number of ether oxygens (including phenoxy) is 1. The summed E-state index contributed by atoms with van der Waals surface area (Å²) in [6.45, 7) is 5.18. The highest BCUT2D eigenvalue weighted by atomic mass is 32.2. The lowest BCUT2D eigenvalue weighted by molar-refractivity contribution is 0.304. The van der Waals surface area contributed by atoms with Gasteiger partial charge in [-0.2, -0.15) is 0 Å². The molecule has 0 fully saturated rings. The lowest BCUT2D eigenvalue weighted by Gasteiger charge is -2.07. The Kier molecular flexibility index (Phi) is 13.7. The summed E-state index contributed by atoms with van der Waals surface area (Å²) in [6, 6.07) is 7.80. The average molecular weight is 367 g/mol. The molecule has 0 radical (unpaired) electrons. The fourth-order valence-corrected chi connectivity index (χ4v) is 4.09. The van der Waals surface area contributed by atoms with Crippen molar-refractivity contribution in [1.82, 2.24) is 0 Å². The maximum absolute atomic E-state index is 12.0. The van der Waals surface area contributed by atoms with Gasteiger partial charge in [0.05, 0.1) is 17.4 Å². The van der Waals surface area contributed by atoms with Crippen molar-refractivity contribution in [2.45, 2.75) is 95.8 Å². The summed E-state index contributed by atoms with van der Waals surface area (Å²) in [5, 5.41) is 0. The zero-order valence-corrected chi connectivity index (χ0v) is 17.3. The Morgan fingerprint density at radius 1 is 0.720 bits per heavy atom. The van der Waals surface area contributed by atoms with Crippen LogP contribution in [0.2, 0.25) is 0 Å². The highest BCUT2D eigenvalue weighted by Gasteiger charge is 2.03. The molecule has 1 unspecified atom stereocenters. The van der Waals surface area contributed by atoms with E-state index in [0.717, 1.165) is 42.3 Å². The molecule has 1 rings (SSSR count). The van der Waals surface area contributed by atoms with Gasteiger partial charge in [0.2, 0.25) is 0 Å². The fraction of sp³-hybridized carbons (Fsp3) is 0.727. The van der Waals surface area contributed by atoms with Crippen molar-refractivity contribution in [3.8, 4) is 5.75 Å². The average Bonchev–Trinajstić information content (AvgIpc) is 2.64. The van der Waals surface area contributed by atoms with E-state index in [2.05, 4.69) is 13.8 Å². The predicted octanol–water partition coefficient (Wildman–Crippen LogP) is 6.89. The second kappa shape index (κ2) is 15.4. The minimum Gasteiger partial charge on any atom is -0.494 e. The van der Waals surface area contributed by atoms with Gasteiger partial charge in [0, 0.05) is 10.6 Å². The van der Waals surface area contributed by atoms with E-state index in [1.54, 1.807) is 0 Å². The SMILES string of the molecule is CCCCCCCCCCCCOc1ccc(S(=O)CCCC)cc1. The molecule has 0 saturated heterocycles. The second-order valence-electron chi connectivity index (χ2n) is 6.91. The van der Waals surface area contributed by atoms with Crippen molar-refractivity contribution in [2.75, 3.05) is 12.4 Å². The number of rotatable bonds is 16.